The number of hydrogen-bond acceptors (Lipinski definition) is 5. The van der Waals surface area contributed by atoms with Gasteiger partial charge in [-0.3, -0.25) is 0 Å². The molecule has 1 aromatic carbocycles. The molecular formula is C11H11AtFN2O4. The van der Waals surface area contributed by atoms with E-state index in [9.17, 15) is 9.18 Å². The first kappa shape index (κ1) is 14.1. The minimum atomic E-state index is -1.35. The molecule has 4 N–H and O–H groups in total. The quantitative estimate of drug-likeness (QED) is 0.571. The molecule has 0 aromatic heterocycles. The Kier molecular flexibility index (Phi) is 4.01. The summed E-state index contributed by atoms with van der Waals surface area (Å²) in [7, 11) is 1.31. The van der Waals surface area contributed by atoms with Crippen LogP contribution in [0.4, 0.5) is 4.39 Å². The molecule has 1 radical (unpaired) electrons. The monoisotopic (exact) mass is 464 g/mol. The second kappa shape index (κ2) is 5.39. The Morgan fingerprint density at radius 2 is 2.42 bits per heavy atom. The second-order valence-electron chi connectivity index (χ2n) is 3.86. The van der Waals surface area contributed by atoms with E-state index in [2.05, 4.69) is 0 Å². The molecule has 103 valence electrons. The third kappa shape index (κ3) is 2.55. The van der Waals surface area contributed by atoms with Crippen molar-refractivity contribution >= 4 is 15.1 Å². The summed E-state index contributed by atoms with van der Waals surface area (Å²) in [5.74, 6) is -1.89. The van der Waals surface area contributed by atoms with Crippen molar-refractivity contribution in [2.75, 3.05) is 7.11 Å². The van der Waals surface area contributed by atoms with Gasteiger partial charge < -0.3 is 0 Å². The molecule has 1 aliphatic heterocycles. The van der Waals surface area contributed by atoms with Gasteiger partial charge in [-0.1, -0.05) is 0 Å². The second-order valence-corrected chi connectivity index (χ2v) is 6.53. The predicted molar refractivity (Wildman–Crippen MR) is 59.8 cm³/mol. The number of nitrogens with two attached hydrogens (primary N) is 1. The molecule has 1 heterocycles. The Hall–Kier alpha value is -1.27. The van der Waals surface area contributed by atoms with Gasteiger partial charge in [0.05, 0.1) is 0 Å². The van der Waals surface area contributed by atoms with E-state index in [1.54, 1.807) is 0 Å². The topological polar surface area (TPSA) is 106 Å². The van der Waals surface area contributed by atoms with Crippen molar-refractivity contribution in [2.45, 2.75) is 12.5 Å². The number of aliphatic carboxylic acids is 1. The number of carbonyl (C=O) groups is 1. The van der Waals surface area contributed by atoms with E-state index in [1.807, 2.05) is 0 Å². The van der Waals surface area contributed by atoms with Crippen LogP contribution in [0.3, 0.4) is 0 Å². The van der Waals surface area contributed by atoms with Gasteiger partial charge in [-0.25, -0.2) is 0 Å². The molecule has 0 spiro atoms. The van der Waals surface area contributed by atoms with Crippen molar-refractivity contribution in [2.24, 2.45) is 5.73 Å². The molecule has 0 bridgehead atoms. The molecule has 0 fully saturated rings. The average molecular weight is 464 g/mol. The molecule has 0 saturated carbocycles. The molecule has 0 aliphatic carbocycles. The van der Waals surface area contributed by atoms with Gasteiger partial charge in [0.15, 0.2) is 0 Å². The van der Waals surface area contributed by atoms with Crippen molar-refractivity contribution in [1.29, 1.82) is 5.41 Å². The maximum absolute atomic E-state index is 13.9. The SMILES string of the molecule is COc1c(F)cc2c(c1CC(N)C(=O)O)[At]OC2=N. The molecular weight excluding hydrogens is 453 g/mol. The van der Waals surface area contributed by atoms with E-state index in [-0.39, 0.29) is 18.1 Å². The van der Waals surface area contributed by atoms with Crippen LogP contribution < -0.4 is 13.7 Å². The van der Waals surface area contributed by atoms with E-state index in [0.29, 0.717) is 14.4 Å². The van der Waals surface area contributed by atoms with E-state index in [0.717, 1.165) is 0 Å². The van der Waals surface area contributed by atoms with Crippen molar-refractivity contribution in [1.82, 2.24) is 0 Å². The van der Waals surface area contributed by atoms with Crippen LogP contribution in [0, 0.1) is 34.9 Å². The van der Waals surface area contributed by atoms with Crippen molar-refractivity contribution < 1.29 is 45.5 Å². The van der Waals surface area contributed by atoms with Crippen LogP contribution in [0.15, 0.2) is 6.07 Å². The number of hydrogen-bond donors (Lipinski definition) is 3. The van der Waals surface area contributed by atoms with Crippen LogP contribution in [0.1, 0.15) is 11.1 Å². The van der Waals surface area contributed by atoms with E-state index in [4.69, 9.17) is 23.8 Å². The Balaban J connectivity index is 2.54. The minimum absolute atomic E-state index is 0.00926. The van der Waals surface area contributed by atoms with E-state index in [1.165, 1.54) is 13.2 Å². The fourth-order valence-corrected chi connectivity index (χ4v) is 4.53. The standard InChI is InChI=1S/C11H11AtFN2O4/c1-18-9-4(3-7(14)11(16)17)8-5(2-6(9)13)10(15)19-12-8/h2,7,15H,3,14H2,1H3,(H,16,17). The maximum atomic E-state index is 13.9. The molecule has 2 rings (SSSR count). The fraction of sp³-hybridized carbons (Fsp3) is 0.273. The summed E-state index contributed by atoms with van der Waals surface area (Å²) >= 11 is -1.35. The average Bonchev–Trinajstić information content (AvgIpc) is 2.71. The van der Waals surface area contributed by atoms with Crippen molar-refractivity contribution in [3.05, 3.63) is 23.0 Å². The van der Waals surface area contributed by atoms with Crippen LogP contribution in [-0.4, -0.2) is 30.1 Å². The molecule has 19 heavy (non-hydrogen) atoms. The molecule has 1 aromatic rings. The molecule has 8 heteroatoms. The number of rotatable bonds is 4. The van der Waals surface area contributed by atoms with Crippen LogP contribution in [0.5, 0.6) is 5.75 Å². The first-order valence-electron chi connectivity index (χ1n) is 5.24. The molecule has 0 saturated heterocycles. The molecule has 1 unspecified atom stereocenters. The van der Waals surface area contributed by atoms with Gasteiger partial charge in [-0.15, -0.1) is 0 Å². The number of nitrogens with one attached hydrogen (secondary N) is 1. The summed E-state index contributed by atoms with van der Waals surface area (Å²) in [6.45, 7) is 0. The van der Waals surface area contributed by atoms with Crippen molar-refractivity contribution in [3.63, 3.8) is 0 Å². The normalized spacial score (nSPS) is 14.8. The van der Waals surface area contributed by atoms with Gasteiger partial charge in [0.25, 0.3) is 0 Å². The summed E-state index contributed by atoms with van der Waals surface area (Å²) in [5.41, 5.74) is 6.28. The third-order valence-electron chi connectivity index (χ3n) is 2.65. The van der Waals surface area contributed by atoms with Crippen LogP contribution >= 0.6 is 0 Å². The number of halogens is 1. The van der Waals surface area contributed by atoms with Gasteiger partial charge in [0, 0.05) is 0 Å². The zero-order valence-corrected chi connectivity index (χ0v) is 12.8. The number of methoxy groups -OCH3 is 1. The summed E-state index contributed by atoms with van der Waals surface area (Å²) < 4.78 is 24.8. The number of carboxylic acids is 1. The molecule has 1 atom stereocenters. The first-order valence-corrected chi connectivity index (χ1v) is 7.91. The summed E-state index contributed by atoms with van der Waals surface area (Å²) in [6, 6.07) is 0.0430. The Morgan fingerprint density at radius 1 is 1.74 bits per heavy atom. The zero-order chi connectivity index (χ0) is 14.2. The predicted octanol–water partition coefficient (Wildman–Crippen LogP) is -0.230. The number of fused-ring (bicyclic) bond motifs is 1. The zero-order valence-electron chi connectivity index (χ0n) is 9.87. The number of carboxylic acid groups (broad SMARTS) is 1. The molecule has 6 nitrogen and oxygen atoms in total. The summed E-state index contributed by atoms with van der Waals surface area (Å²) in [6.07, 6.45) is -0.0499. The van der Waals surface area contributed by atoms with Gasteiger partial charge in [-0.05, 0) is 0 Å². The Morgan fingerprint density at radius 3 is 3.00 bits per heavy atom. The van der Waals surface area contributed by atoms with Crippen LogP contribution in [0.2, 0.25) is 0 Å². The fourth-order valence-electron chi connectivity index (χ4n) is 1.74. The summed E-state index contributed by atoms with van der Waals surface area (Å²) in [4.78, 5) is 10.8. The summed E-state index contributed by atoms with van der Waals surface area (Å²) in [5, 5.41) is 16.4. The third-order valence-corrected chi connectivity index (χ3v) is 5.82. The number of benzene rings is 1. The Bertz CT molecular complexity index is 564. The van der Waals surface area contributed by atoms with Gasteiger partial charge in [0.2, 0.25) is 0 Å². The Labute approximate surface area is 120 Å². The van der Waals surface area contributed by atoms with Gasteiger partial charge in [0.1, 0.15) is 0 Å². The van der Waals surface area contributed by atoms with E-state index >= 15 is 0 Å². The molecule has 0 amide bonds. The first-order chi connectivity index (χ1) is 8.95. The van der Waals surface area contributed by atoms with Crippen LogP contribution in [0.25, 0.3) is 0 Å². The van der Waals surface area contributed by atoms with Crippen LogP contribution in [-0.2, 0) is 14.0 Å². The van der Waals surface area contributed by atoms with Gasteiger partial charge in [-0.2, -0.15) is 0 Å². The molecule has 1 aliphatic rings. The van der Waals surface area contributed by atoms with Crippen molar-refractivity contribution in [3.8, 4) is 5.75 Å². The number of ether oxygens (including phenoxy) is 1. The van der Waals surface area contributed by atoms with E-state index < -0.39 is 41.5 Å². The van der Waals surface area contributed by atoms with Gasteiger partial charge >= 0.3 is 120 Å².